The molecule has 6 aromatic carbocycles. The molecule has 0 amide bonds. The first-order valence-corrected chi connectivity index (χ1v) is 17.3. The van der Waals surface area contributed by atoms with Gasteiger partial charge in [0.05, 0.1) is 26.9 Å². The smallest absolute Gasteiger partial charge is 0.201 e. The normalized spacial score (nSPS) is 11.6. The van der Waals surface area contributed by atoms with Crippen LogP contribution in [0.1, 0.15) is 0 Å². The second-order valence-corrected chi connectivity index (χ2v) is 13.2. The molecule has 0 radical (unpaired) electrons. The van der Waals surface area contributed by atoms with Crippen molar-refractivity contribution in [2.24, 2.45) is 0 Å². The van der Waals surface area contributed by atoms with E-state index in [0.717, 1.165) is 70.2 Å². The summed E-state index contributed by atoms with van der Waals surface area (Å²) in [6, 6.07) is 54.1. The standard InChI is InChI=1S/C43H26N6S/c1-4-14-27(15-5-1)37-39-38(32-21-11-13-23-36(32)50-39)45-42(44-37)43-47-40(28-16-6-2-7-17-28)46-41(48-43)29-24-25-35-33(26-29)31-20-10-12-22-34(31)49(35)30-18-8-3-9-19-30/h1-26H. The maximum absolute atomic E-state index is 5.18. The van der Waals surface area contributed by atoms with Crippen LogP contribution in [0, 0.1) is 0 Å². The molecule has 0 N–H and O–H groups in total. The summed E-state index contributed by atoms with van der Waals surface area (Å²) >= 11 is 1.71. The summed E-state index contributed by atoms with van der Waals surface area (Å²) in [7, 11) is 0. The van der Waals surface area contributed by atoms with Gasteiger partial charge in [-0.25, -0.2) is 24.9 Å². The summed E-state index contributed by atoms with van der Waals surface area (Å²) in [6.45, 7) is 0. The van der Waals surface area contributed by atoms with Crippen LogP contribution in [0.5, 0.6) is 0 Å². The van der Waals surface area contributed by atoms with Gasteiger partial charge in [-0.3, -0.25) is 0 Å². The van der Waals surface area contributed by atoms with Gasteiger partial charge < -0.3 is 4.57 Å². The van der Waals surface area contributed by atoms with Crippen molar-refractivity contribution in [1.29, 1.82) is 0 Å². The lowest BCUT2D eigenvalue weighted by Crippen LogP contribution is -2.03. The van der Waals surface area contributed by atoms with E-state index in [4.69, 9.17) is 24.9 Å². The van der Waals surface area contributed by atoms with Crippen molar-refractivity contribution >= 4 is 53.4 Å². The molecule has 7 heteroatoms. The number of nitrogens with zero attached hydrogens (tertiary/aromatic N) is 6. The minimum atomic E-state index is 0.426. The molecule has 0 bridgehead atoms. The van der Waals surface area contributed by atoms with E-state index in [9.17, 15) is 0 Å². The average Bonchev–Trinajstić information content (AvgIpc) is 3.74. The maximum atomic E-state index is 5.18. The van der Waals surface area contributed by atoms with E-state index in [2.05, 4.69) is 108 Å². The van der Waals surface area contributed by atoms with Gasteiger partial charge in [-0.1, -0.05) is 115 Å². The highest BCUT2D eigenvalue weighted by Crippen LogP contribution is 2.40. The zero-order valence-corrected chi connectivity index (χ0v) is 27.4. The van der Waals surface area contributed by atoms with Crippen molar-refractivity contribution in [2.75, 3.05) is 0 Å². The summed E-state index contributed by atoms with van der Waals surface area (Å²) in [6.07, 6.45) is 0. The number of benzene rings is 6. The molecule has 0 fully saturated rings. The van der Waals surface area contributed by atoms with Gasteiger partial charge in [-0.15, -0.1) is 11.3 Å². The Bertz CT molecular complexity index is 2860. The zero-order valence-electron chi connectivity index (χ0n) is 26.6. The van der Waals surface area contributed by atoms with E-state index in [-0.39, 0.29) is 0 Å². The molecule has 0 unspecified atom stereocenters. The molecule has 0 aliphatic carbocycles. The lowest BCUT2D eigenvalue weighted by atomic mass is 10.1. The molecule has 0 aliphatic heterocycles. The Morgan fingerprint density at radius 1 is 0.400 bits per heavy atom. The Hall–Kier alpha value is -6.57. The molecule has 0 atom stereocenters. The van der Waals surface area contributed by atoms with Gasteiger partial charge in [0.1, 0.15) is 0 Å². The van der Waals surface area contributed by atoms with Crippen molar-refractivity contribution in [3.63, 3.8) is 0 Å². The van der Waals surface area contributed by atoms with Gasteiger partial charge in [0.25, 0.3) is 0 Å². The lowest BCUT2D eigenvalue weighted by Gasteiger charge is -2.10. The van der Waals surface area contributed by atoms with E-state index < -0.39 is 0 Å². The summed E-state index contributed by atoms with van der Waals surface area (Å²) in [5.74, 6) is 2.02. The first kappa shape index (κ1) is 28.4. The van der Waals surface area contributed by atoms with E-state index in [1.54, 1.807) is 11.3 Å². The number of aromatic nitrogens is 6. The maximum Gasteiger partial charge on any atom is 0.201 e. The molecule has 4 aromatic heterocycles. The van der Waals surface area contributed by atoms with Gasteiger partial charge in [0.2, 0.25) is 5.82 Å². The Kier molecular flexibility index (Phi) is 6.57. The van der Waals surface area contributed by atoms with Crippen LogP contribution in [0.4, 0.5) is 0 Å². The first-order chi connectivity index (χ1) is 24.8. The minimum absolute atomic E-state index is 0.426. The largest absolute Gasteiger partial charge is 0.309 e. The van der Waals surface area contributed by atoms with Crippen molar-refractivity contribution in [3.05, 3.63) is 158 Å². The van der Waals surface area contributed by atoms with Crippen LogP contribution >= 0.6 is 11.3 Å². The van der Waals surface area contributed by atoms with E-state index in [0.29, 0.717) is 23.3 Å². The fourth-order valence-electron chi connectivity index (χ4n) is 6.77. The van der Waals surface area contributed by atoms with Crippen molar-refractivity contribution in [3.8, 4) is 51.4 Å². The highest BCUT2D eigenvalue weighted by Gasteiger charge is 2.21. The number of hydrogen-bond acceptors (Lipinski definition) is 6. The van der Waals surface area contributed by atoms with Crippen molar-refractivity contribution in [1.82, 2.24) is 29.5 Å². The molecule has 10 rings (SSSR count). The fraction of sp³-hybridized carbons (Fsp3) is 0. The van der Waals surface area contributed by atoms with E-state index >= 15 is 0 Å². The van der Waals surface area contributed by atoms with Crippen LogP contribution in [0.15, 0.2) is 158 Å². The molecule has 6 nitrogen and oxygen atoms in total. The summed E-state index contributed by atoms with van der Waals surface area (Å²) in [5.41, 5.74) is 7.94. The highest BCUT2D eigenvalue weighted by molar-refractivity contribution is 7.26. The van der Waals surface area contributed by atoms with E-state index in [1.807, 2.05) is 54.6 Å². The number of fused-ring (bicyclic) bond motifs is 6. The van der Waals surface area contributed by atoms with Crippen LogP contribution in [0.3, 0.4) is 0 Å². The Labute approximate surface area is 291 Å². The number of para-hydroxylation sites is 2. The Balaban J connectivity index is 1.22. The first-order valence-electron chi connectivity index (χ1n) is 16.4. The second-order valence-electron chi connectivity index (χ2n) is 12.1. The summed E-state index contributed by atoms with van der Waals surface area (Å²) in [5, 5.41) is 3.38. The van der Waals surface area contributed by atoms with Gasteiger partial charge in [-0.2, -0.15) is 0 Å². The van der Waals surface area contributed by atoms with Gasteiger partial charge in [0.15, 0.2) is 17.5 Å². The van der Waals surface area contributed by atoms with Crippen molar-refractivity contribution < 1.29 is 0 Å². The molecule has 10 aromatic rings. The predicted molar refractivity (Wildman–Crippen MR) is 204 cm³/mol. The van der Waals surface area contributed by atoms with E-state index in [1.165, 1.54) is 0 Å². The topological polar surface area (TPSA) is 69.4 Å². The SMILES string of the molecule is c1ccc(-c2nc(-c3ccc4c(c3)c3ccccc3n4-c3ccccc3)nc(-c3nc(-c4ccccc4)c4sc5ccccc5c4n3)n2)cc1. The summed E-state index contributed by atoms with van der Waals surface area (Å²) in [4.78, 5) is 25.5. The predicted octanol–water partition coefficient (Wildman–Crippen LogP) is 10.8. The fourth-order valence-corrected chi connectivity index (χ4v) is 7.92. The molecule has 4 heterocycles. The molecule has 0 saturated heterocycles. The van der Waals surface area contributed by atoms with Gasteiger partial charge in [0, 0.05) is 43.2 Å². The average molecular weight is 659 g/mol. The molecular weight excluding hydrogens is 633 g/mol. The zero-order chi connectivity index (χ0) is 33.0. The number of hydrogen-bond donors (Lipinski definition) is 0. The Morgan fingerprint density at radius 3 is 1.76 bits per heavy atom. The molecule has 0 spiro atoms. The third-order valence-corrected chi connectivity index (χ3v) is 10.2. The third kappa shape index (κ3) is 4.67. The highest BCUT2D eigenvalue weighted by atomic mass is 32.1. The van der Waals surface area contributed by atoms with Crippen LogP contribution < -0.4 is 0 Å². The van der Waals surface area contributed by atoms with Crippen molar-refractivity contribution in [2.45, 2.75) is 0 Å². The minimum Gasteiger partial charge on any atom is -0.309 e. The third-order valence-electron chi connectivity index (χ3n) is 9.08. The van der Waals surface area contributed by atoms with Crippen LogP contribution in [0.2, 0.25) is 0 Å². The summed E-state index contributed by atoms with van der Waals surface area (Å²) < 4.78 is 4.51. The molecule has 0 saturated carbocycles. The van der Waals surface area contributed by atoms with Crippen LogP contribution in [-0.2, 0) is 0 Å². The van der Waals surface area contributed by atoms with Gasteiger partial charge >= 0.3 is 0 Å². The number of rotatable bonds is 5. The van der Waals surface area contributed by atoms with Crippen LogP contribution in [-0.4, -0.2) is 29.5 Å². The van der Waals surface area contributed by atoms with Gasteiger partial charge in [-0.05, 0) is 42.5 Å². The lowest BCUT2D eigenvalue weighted by molar-refractivity contribution is 1.04. The quantitative estimate of drug-likeness (QED) is 0.184. The molecule has 234 valence electrons. The molecule has 0 aliphatic rings. The van der Waals surface area contributed by atoms with Crippen LogP contribution in [0.25, 0.3) is 93.5 Å². The monoisotopic (exact) mass is 658 g/mol. The Morgan fingerprint density at radius 2 is 0.980 bits per heavy atom. The second kappa shape index (κ2) is 11.5. The number of thiophene rings is 1. The molecule has 50 heavy (non-hydrogen) atoms. The molecular formula is C43H26N6S.